The van der Waals surface area contributed by atoms with Crippen molar-refractivity contribution in [3.63, 3.8) is 0 Å². The summed E-state index contributed by atoms with van der Waals surface area (Å²) in [5.74, 6) is 0.0671. The van der Waals surface area contributed by atoms with Crippen molar-refractivity contribution in [3.05, 3.63) is 17.8 Å². The number of carbonyl (C=O) groups excluding carboxylic acids is 1. The predicted octanol–water partition coefficient (Wildman–Crippen LogP) is 0.744. The van der Waals surface area contributed by atoms with Gasteiger partial charge in [0.25, 0.3) is 5.91 Å². The molecule has 0 unspecified atom stereocenters. The van der Waals surface area contributed by atoms with E-state index in [0.717, 1.165) is 26.1 Å². The molecule has 18 heavy (non-hydrogen) atoms. The third-order valence-corrected chi connectivity index (χ3v) is 3.23. The Morgan fingerprint density at radius 3 is 2.78 bits per heavy atom. The van der Waals surface area contributed by atoms with Gasteiger partial charge in [-0.3, -0.25) is 4.79 Å². The molecule has 98 valence electrons. The van der Waals surface area contributed by atoms with Gasteiger partial charge < -0.3 is 21.5 Å². The minimum Gasteiger partial charge on any atom is -0.397 e. The van der Waals surface area contributed by atoms with Crippen molar-refractivity contribution in [1.82, 2.24) is 4.98 Å². The van der Waals surface area contributed by atoms with Gasteiger partial charge in [-0.2, -0.15) is 0 Å². The van der Waals surface area contributed by atoms with E-state index >= 15 is 0 Å². The second-order valence-corrected chi connectivity index (χ2v) is 4.82. The molecule has 0 spiro atoms. The van der Waals surface area contributed by atoms with Crippen LogP contribution in [0.4, 0.5) is 11.5 Å². The van der Waals surface area contributed by atoms with E-state index in [1.54, 1.807) is 6.07 Å². The van der Waals surface area contributed by atoms with Crippen molar-refractivity contribution >= 4 is 17.4 Å². The van der Waals surface area contributed by atoms with Gasteiger partial charge in [0.05, 0.1) is 17.4 Å². The molecule has 1 saturated heterocycles. The molecular weight excluding hydrogens is 232 g/mol. The largest absolute Gasteiger partial charge is 0.397 e. The van der Waals surface area contributed by atoms with Gasteiger partial charge in [-0.05, 0) is 25.8 Å². The first-order valence-electron chi connectivity index (χ1n) is 5.91. The average molecular weight is 250 g/mol. The van der Waals surface area contributed by atoms with Gasteiger partial charge in [-0.25, -0.2) is 4.98 Å². The molecule has 0 bridgehead atoms. The van der Waals surface area contributed by atoms with E-state index in [4.69, 9.17) is 16.2 Å². The molecule has 0 aliphatic carbocycles. The highest BCUT2D eigenvalue weighted by Gasteiger charge is 2.27. The maximum Gasteiger partial charge on any atom is 0.250 e. The standard InChI is InChI=1S/C12H18N4O2/c1-12(2-4-18-5-3-12)16-10-6-8(11(14)17)9(13)7-15-10/h6-7H,2-5,13H2,1H3,(H2,14,17)(H,15,16). The lowest BCUT2D eigenvalue weighted by molar-refractivity contribution is 0.0657. The third-order valence-electron chi connectivity index (χ3n) is 3.23. The molecule has 1 aromatic rings. The number of aromatic nitrogens is 1. The van der Waals surface area contributed by atoms with Gasteiger partial charge in [0.1, 0.15) is 5.82 Å². The number of anilines is 2. The molecule has 2 heterocycles. The van der Waals surface area contributed by atoms with Crippen LogP contribution in [-0.4, -0.2) is 29.6 Å². The van der Waals surface area contributed by atoms with Crippen LogP contribution in [0.5, 0.6) is 0 Å². The molecule has 1 fully saturated rings. The molecule has 0 aromatic carbocycles. The van der Waals surface area contributed by atoms with Crippen LogP contribution < -0.4 is 16.8 Å². The van der Waals surface area contributed by atoms with Crippen LogP contribution in [-0.2, 0) is 4.74 Å². The van der Waals surface area contributed by atoms with E-state index < -0.39 is 5.91 Å². The second-order valence-electron chi connectivity index (χ2n) is 4.82. The number of ether oxygens (including phenoxy) is 1. The summed E-state index contributed by atoms with van der Waals surface area (Å²) in [6.07, 6.45) is 3.24. The van der Waals surface area contributed by atoms with Gasteiger partial charge in [0.2, 0.25) is 0 Å². The summed E-state index contributed by atoms with van der Waals surface area (Å²) < 4.78 is 5.33. The zero-order valence-electron chi connectivity index (χ0n) is 10.4. The summed E-state index contributed by atoms with van der Waals surface area (Å²) in [5.41, 5.74) is 11.4. The number of amides is 1. The molecular formula is C12H18N4O2. The van der Waals surface area contributed by atoms with E-state index in [9.17, 15) is 4.79 Å². The summed E-state index contributed by atoms with van der Waals surface area (Å²) in [5, 5.41) is 3.33. The molecule has 0 saturated carbocycles. The molecule has 6 nitrogen and oxygen atoms in total. The van der Waals surface area contributed by atoms with E-state index in [1.165, 1.54) is 6.20 Å². The predicted molar refractivity (Wildman–Crippen MR) is 69.2 cm³/mol. The van der Waals surface area contributed by atoms with Crippen molar-refractivity contribution in [1.29, 1.82) is 0 Å². The van der Waals surface area contributed by atoms with Crippen molar-refractivity contribution in [3.8, 4) is 0 Å². The molecule has 6 heteroatoms. The molecule has 0 atom stereocenters. The number of nitrogens with two attached hydrogens (primary N) is 2. The maximum absolute atomic E-state index is 11.2. The lowest BCUT2D eigenvalue weighted by atomic mass is 9.92. The van der Waals surface area contributed by atoms with Crippen molar-refractivity contribution in [2.75, 3.05) is 24.3 Å². The monoisotopic (exact) mass is 250 g/mol. The second kappa shape index (κ2) is 4.81. The Bertz CT molecular complexity index is 455. The Kier molecular flexibility index (Phi) is 3.38. The Labute approximate surface area is 106 Å². The number of pyridine rings is 1. The van der Waals surface area contributed by atoms with Crippen LogP contribution in [0.25, 0.3) is 0 Å². The average Bonchev–Trinajstić information content (AvgIpc) is 2.32. The summed E-state index contributed by atoms with van der Waals surface area (Å²) >= 11 is 0. The molecule has 2 rings (SSSR count). The Morgan fingerprint density at radius 2 is 2.17 bits per heavy atom. The van der Waals surface area contributed by atoms with Crippen LogP contribution in [0.3, 0.4) is 0 Å². The zero-order chi connectivity index (χ0) is 13.2. The fourth-order valence-electron chi connectivity index (χ4n) is 2.00. The third kappa shape index (κ3) is 2.70. The Balaban J connectivity index is 2.18. The topological polar surface area (TPSA) is 103 Å². The van der Waals surface area contributed by atoms with Gasteiger partial charge in [0.15, 0.2) is 0 Å². The number of hydrogen-bond donors (Lipinski definition) is 3. The first-order valence-corrected chi connectivity index (χ1v) is 5.91. The summed E-state index contributed by atoms with van der Waals surface area (Å²) in [4.78, 5) is 15.4. The van der Waals surface area contributed by atoms with Crippen LogP contribution in [0, 0.1) is 0 Å². The van der Waals surface area contributed by atoms with Crippen LogP contribution in [0.15, 0.2) is 12.3 Å². The van der Waals surface area contributed by atoms with Gasteiger partial charge in [0, 0.05) is 18.8 Å². The number of nitrogen functional groups attached to an aromatic ring is 1. The van der Waals surface area contributed by atoms with Crippen molar-refractivity contribution < 1.29 is 9.53 Å². The number of nitrogens with one attached hydrogen (secondary N) is 1. The van der Waals surface area contributed by atoms with E-state index in [0.29, 0.717) is 17.1 Å². The molecule has 1 amide bonds. The van der Waals surface area contributed by atoms with Gasteiger partial charge in [-0.15, -0.1) is 0 Å². The van der Waals surface area contributed by atoms with E-state index in [-0.39, 0.29) is 5.54 Å². The molecule has 1 aliphatic rings. The first-order chi connectivity index (χ1) is 8.50. The minimum atomic E-state index is -0.546. The quantitative estimate of drug-likeness (QED) is 0.734. The summed E-state index contributed by atoms with van der Waals surface area (Å²) in [6, 6.07) is 1.60. The number of rotatable bonds is 3. The van der Waals surface area contributed by atoms with Crippen molar-refractivity contribution in [2.24, 2.45) is 5.73 Å². The summed E-state index contributed by atoms with van der Waals surface area (Å²) in [6.45, 7) is 3.56. The lowest BCUT2D eigenvalue weighted by Gasteiger charge is -2.35. The van der Waals surface area contributed by atoms with Gasteiger partial charge in [-0.1, -0.05) is 0 Å². The van der Waals surface area contributed by atoms with Crippen LogP contribution in [0.2, 0.25) is 0 Å². The van der Waals surface area contributed by atoms with Crippen LogP contribution >= 0.6 is 0 Å². The minimum absolute atomic E-state index is 0.0731. The Hall–Kier alpha value is -1.82. The fraction of sp³-hybridized carbons (Fsp3) is 0.500. The first kappa shape index (κ1) is 12.6. The molecule has 1 aliphatic heterocycles. The summed E-state index contributed by atoms with van der Waals surface area (Å²) in [7, 11) is 0. The highest BCUT2D eigenvalue weighted by molar-refractivity contribution is 5.98. The number of hydrogen-bond acceptors (Lipinski definition) is 5. The van der Waals surface area contributed by atoms with Crippen molar-refractivity contribution in [2.45, 2.75) is 25.3 Å². The van der Waals surface area contributed by atoms with Crippen LogP contribution in [0.1, 0.15) is 30.1 Å². The normalized spacial score (nSPS) is 18.3. The number of carbonyl (C=O) groups is 1. The molecule has 0 radical (unpaired) electrons. The smallest absolute Gasteiger partial charge is 0.250 e. The number of nitrogens with zero attached hydrogens (tertiary/aromatic N) is 1. The highest BCUT2D eigenvalue weighted by Crippen LogP contribution is 2.25. The number of primary amides is 1. The SMILES string of the molecule is CC1(Nc2cc(C(N)=O)c(N)cn2)CCOCC1. The maximum atomic E-state index is 11.2. The fourth-order valence-corrected chi connectivity index (χ4v) is 2.00. The lowest BCUT2D eigenvalue weighted by Crippen LogP contribution is -2.41. The van der Waals surface area contributed by atoms with Gasteiger partial charge >= 0.3 is 0 Å². The molecule has 5 N–H and O–H groups in total. The highest BCUT2D eigenvalue weighted by atomic mass is 16.5. The molecule has 1 aromatic heterocycles. The zero-order valence-corrected chi connectivity index (χ0v) is 10.4. The Morgan fingerprint density at radius 1 is 1.50 bits per heavy atom. The van der Waals surface area contributed by atoms with E-state index in [1.807, 2.05) is 0 Å². The van der Waals surface area contributed by atoms with E-state index in [2.05, 4.69) is 17.2 Å².